The first-order chi connectivity index (χ1) is 11.7. The van der Waals surface area contributed by atoms with E-state index in [-0.39, 0.29) is 24.5 Å². The lowest BCUT2D eigenvalue weighted by Crippen LogP contribution is -2.22. The Morgan fingerprint density at radius 1 is 1.32 bits per heavy atom. The fraction of sp³-hybridized carbons (Fsp3) is 0.438. The van der Waals surface area contributed by atoms with Crippen LogP contribution in [0.25, 0.3) is 10.9 Å². The van der Waals surface area contributed by atoms with E-state index in [9.17, 15) is 4.79 Å². The van der Waals surface area contributed by atoms with Crippen molar-refractivity contribution >= 4 is 23.3 Å². The van der Waals surface area contributed by atoms with Crippen LogP contribution in [0, 0.1) is 18.8 Å². The average molecular weight is 361 g/mol. The van der Waals surface area contributed by atoms with Gasteiger partial charge in [-0.25, -0.2) is 4.98 Å². The molecule has 0 unspecified atom stereocenters. The zero-order chi connectivity index (χ0) is 16.3. The van der Waals surface area contributed by atoms with Gasteiger partial charge in [0, 0.05) is 12.1 Å². The van der Waals surface area contributed by atoms with Crippen molar-refractivity contribution in [3.8, 4) is 0 Å². The van der Waals surface area contributed by atoms with Crippen LogP contribution in [0.3, 0.4) is 0 Å². The van der Waals surface area contributed by atoms with Crippen LogP contribution in [0.1, 0.15) is 23.2 Å². The summed E-state index contributed by atoms with van der Waals surface area (Å²) >= 11 is 0. The molecule has 130 valence electrons. The summed E-state index contributed by atoms with van der Waals surface area (Å²) in [6.07, 6.45) is 4.77. The largest absolute Gasteiger partial charge is 0.337 e. The van der Waals surface area contributed by atoms with Gasteiger partial charge >= 0.3 is 0 Å². The van der Waals surface area contributed by atoms with Crippen molar-refractivity contribution in [2.24, 2.45) is 11.8 Å². The van der Waals surface area contributed by atoms with Gasteiger partial charge in [0.2, 0.25) is 5.89 Å². The van der Waals surface area contributed by atoms with Crippen LogP contribution in [0.5, 0.6) is 0 Å². The predicted octanol–water partition coefficient (Wildman–Crippen LogP) is 0.886. The van der Waals surface area contributed by atoms with E-state index in [4.69, 9.17) is 4.52 Å². The van der Waals surface area contributed by atoms with Gasteiger partial charge in [-0.15, -0.1) is 12.4 Å². The molecule has 25 heavy (non-hydrogen) atoms. The first-order valence-corrected chi connectivity index (χ1v) is 8.05. The lowest BCUT2D eigenvalue weighted by Gasteiger charge is -2.05. The second-order valence-electron chi connectivity index (χ2n) is 6.59. The van der Waals surface area contributed by atoms with Gasteiger partial charge in [0.15, 0.2) is 5.82 Å². The zero-order valence-corrected chi connectivity index (χ0v) is 14.4. The summed E-state index contributed by atoms with van der Waals surface area (Å²) in [6, 6.07) is 0. The average Bonchev–Trinajstić information content (AvgIpc) is 2.95. The lowest BCUT2D eigenvalue weighted by molar-refractivity contribution is 0.363. The van der Waals surface area contributed by atoms with Crippen molar-refractivity contribution in [1.82, 2.24) is 30.0 Å². The molecule has 3 aromatic rings. The van der Waals surface area contributed by atoms with Crippen molar-refractivity contribution in [3.05, 3.63) is 46.4 Å². The number of hydrogen-bond acceptors (Lipinski definition) is 7. The fourth-order valence-corrected chi connectivity index (χ4v) is 3.78. The van der Waals surface area contributed by atoms with Gasteiger partial charge in [-0.3, -0.25) is 14.3 Å². The fourth-order valence-electron chi connectivity index (χ4n) is 3.78. The van der Waals surface area contributed by atoms with Crippen LogP contribution in [0.4, 0.5) is 0 Å². The van der Waals surface area contributed by atoms with E-state index in [1.54, 1.807) is 12.4 Å². The van der Waals surface area contributed by atoms with Gasteiger partial charge < -0.3 is 9.84 Å². The summed E-state index contributed by atoms with van der Waals surface area (Å²) in [4.78, 5) is 25.5. The summed E-state index contributed by atoms with van der Waals surface area (Å²) in [5, 5.41) is 8.04. The number of fused-ring (bicyclic) bond motifs is 2. The Morgan fingerprint density at radius 2 is 2.12 bits per heavy atom. The molecule has 1 saturated carbocycles. The third-order valence-corrected chi connectivity index (χ3v) is 5.11. The minimum atomic E-state index is -0.118. The van der Waals surface area contributed by atoms with Crippen molar-refractivity contribution in [3.63, 3.8) is 0 Å². The van der Waals surface area contributed by atoms with E-state index < -0.39 is 0 Å². The maximum atomic E-state index is 12.7. The molecule has 1 saturated heterocycles. The summed E-state index contributed by atoms with van der Waals surface area (Å²) in [7, 11) is 0. The van der Waals surface area contributed by atoms with Gasteiger partial charge in [-0.2, -0.15) is 4.98 Å². The number of nitrogens with one attached hydrogen (secondary N) is 1. The van der Waals surface area contributed by atoms with Crippen LogP contribution in [0.15, 0.2) is 28.0 Å². The smallest absolute Gasteiger partial charge is 0.262 e. The summed E-state index contributed by atoms with van der Waals surface area (Å²) < 4.78 is 6.85. The molecule has 0 radical (unpaired) electrons. The van der Waals surface area contributed by atoms with E-state index >= 15 is 0 Å². The molecule has 0 aromatic carbocycles. The second-order valence-corrected chi connectivity index (χ2v) is 6.59. The summed E-state index contributed by atoms with van der Waals surface area (Å²) in [6.45, 7) is 4.14. The van der Waals surface area contributed by atoms with Gasteiger partial charge in [0.1, 0.15) is 6.54 Å². The van der Waals surface area contributed by atoms with Gasteiger partial charge in [-0.05, 0) is 37.4 Å². The Kier molecular flexibility index (Phi) is 3.81. The normalized spacial score (nSPS) is 24.1. The van der Waals surface area contributed by atoms with Crippen molar-refractivity contribution in [2.45, 2.75) is 19.4 Å². The molecule has 0 amide bonds. The van der Waals surface area contributed by atoms with Crippen LogP contribution in [-0.2, 0) is 6.54 Å². The van der Waals surface area contributed by atoms with Crippen LogP contribution in [-0.4, -0.2) is 37.8 Å². The summed E-state index contributed by atoms with van der Waals surface area (Å²) in [5.41, 5.74) is 1.29. The standard InChI is InChI=1S/C16H16N6O2.ClH/c1-8-2-17-5-11-13(8)16(23)22(7-19-11)6-12-20-15(21-24-12)14-9-3-18-4-10(9)14;/h2,5,7,9-10,14,18H,3-4,6H2,1H3;1H/t9-,10+,14-;. The molecule has 2 aliphatic rings. The van der Waals surface area contributed by atoms with Crippen molar-refractivity contribution in [1.29, 1.82) is 0 Å². The molecule has 4 heterocycles. The molecule has 3 aromatic heterocycles. The van der Waals surface area contributed by atoms with Crippen LogP contribution < -0.4 is 10.9 Å². The molecule has 5 rings (SSSR count). The first kappa shape index (κ1) is 16.2. The molecule has 1 aliphatic heterocycles. The highest BCUT2D eigenvalue weighted by Crippen LogP contribution is 2.54. The van der Waals surface area contributed by atoms with Crippen molar-refractivity contribution < 1.29 is 4.52 Å². The van der Waals surface area contributed by atoms with Crippen molar-refractivity contribution in [2.75, 3.05) is 13.1 Å². The number of aryl methyl sites for hydroxylation is 1. The molecule has 1 aliphatic carbocycles. The van der Waals surface area contributed by atoms with Crippen LogP contribution >= 0.6 is 12.4 Å². The minimum Gasteiger partial charge on any atom is -0.337 e. The Hall–Kier alpha value is -2.32. The van der Waals surface area contributed by atoms with E-state index in [2.05, 4.69) is 25.4 Å². The highest BCUT2D eigenvalue weighted by atomic mass is 35.5. The minimum absolute atomic E-state index is 0. The number of rotatable bonds is 3. The molecular formula is C16H17ClN6O2. The first-order valence-electron chi connectivity index (χ1n) is 8.05. The van der Waals surface area contributed by atoms with Gasteiger partial charge in [-0.1, -0.05) is 5.16 Å². The number of aromatic nitrogens is 5. The summed E-state index contributed by atoms with van der Waals surface area (Å²) in [5.74, 6) is 2.89. The second kappa shape index (κ2) is 5.89. The third kappa shape index (κ3) is 2.52. The number of piperidine rings is 1. The highest BCUT2D eigenvalue weighted by molar-refractivity contribution is 5.85. The van der Waals surface area contributed by atoms with E-state index in [1.807, 2.05) is 6.92 Å². The number of pyridine rings is 1. The maximum Gasteiger partial charge on any atom is 0.262 e. The number of halogens is 1. The SMILES string of the molecule is Cc1cncc2ncn(Cc3nc([C@@H]4[C@@H]5CNC[C@@H]54)no3)c(=O)c12.Cl. The molecule has 0 spiro atoms. The lowest BCUT2D eigenvalue weighted by atomic mass is 10.2. The third-order valence-electron chi connectivity index (χ3n) is 5.11. The van der Waals surface area contributed by atoms with E-state index in [1.165, 1.54) is 10.9 Å². The molecule has 0 bridgehead atoms. The Bertz CT molecular complexity index is 990. The topological polar surface area (TPSA) is 98.7 Å². The zero-order valence-electron chi connectivity index (χ0n) is 13.5. The highest BCUT2D eigenvalue weighted by Gasteiger charge is 2.55. The Balaban J connectivity index is 0.00000157. The molecule has 8 nitrogen and oxygen atoms in total. The molecule has 9 heteroatoms. The predicted molar refractivity (Wildman–Crippen MR) is 91.8 cm³/mol. The molecule has 3 atom stereocenters. The van der Waals surface area contributed by atoms with E-state index in [0.29, 0.717) is 34.5 Å². The number of nitrogens with zero attached hydrogens (tertiary/aromatic N) is 5. The Labute approximate surface area is 149 Å². The molecule has 1 N–H and O–H groups in total. The van der Waals surface area contributed by atoms with Crippen LogP contribution in [0.2, 0.25) is 0 Å². The van der Waals surface area contributed by atoms with Gasteiger partial charge in [0.05, 0.1) is 23.4 Å². The monoisotopic (exact) mass is 360 g/mol. The quantitative estimate of drug-likeness (QED) is 0.740. The van der Waals surface area contributed by atoms with Gasteiger partial charge in [0.25, 0.3) is 5.56 Å². The Morgan fingerprint density at radius 3 is 2.92 bits per heavy atom. The molecule has 2 fully saturated rings. The maximum absolute atomic E-state index is 12.7. The van der Waals surface area contributed by atoms with E-state index in [0.717, 1.165) is 24.5 Å². The number of hydrogen-bond donors (Lipinski definition) is 1. The molecular weight excluding hydrogens is 344 g/mol.